The maximum atomic E-state index is 12.0. The average Bonchev–Trinajstić information content (AvgIpc) is 2.54. The molecule has 5 heteroatoms. The van der Waals surface area contributed by atoms with E-state index in [0.29, 0.717) is 18.0 Å². The van der Waals surface area contributed by atoms with Crippen LogP contribution in [-0.2, 0) is 9.53 Å². The molecule has 5 nitrogen and oxygen atoms in total. The quantitative estimate of drug-likeness (QED) is 0.773. The molecule has 1 saturated heterocycles. The van der Waals surface area contributed by atoms with E-state index in [1.54, 1.807) is 19.2 Å². The largest absolute Gasteiger partial charge is 0.384 e. The molecule has 1 aromatic carbocycles. The number of rotatable bonds is 7. The highest BCUT2D eigenvalue weighted by atomic mass is 16.5. The monoisotopic (exact) mass is 304 g/mol. The Hall–Kier alpha value is -1.72. The number of Topliss-reactive ketones (excluding diaryl/α,β-unsaturated/α-hetero) is 1. The van der Waals surface area contributed by atoms with Gasteiger partial charge < -0.3 is 10.1 Å². The molecule has 0 aliphatic carbocycles. The molecule has 0 spiro atoms. The molecule has 1 aromatic rings. The predicted molar refractivity (Wildman–Crippen MR) is 84.8 cm³/mol. The fraction of sp³-hybridized carbons (Fsp3) is 0.529. The van der Waals surface area contributed by atoms with Crippen molar-refractivity contribution < 1.29 is 14.3 Å². The predicted octanol–water partition coefficient (Wildman–Crippen LogP) is 1.34. The van der Waals surface area contributed by atoms with E-state index in [4.69, 9.17) is 4.74 Å². The second-order valence-corrected chi connectivity index (χ2v) is 5.76. The number of nitrogens with one attached hydrogen (secondary N) is 1. The van der Waals surface area contributed by atoms with E-state index in [0.717, 1.165) is 32.5 Å². The molecule has 120 valence electrons. The molecule has 1 aliphatic heterocycles. The zero-order chi connectivity index (χ0) is 15.8. The van der Waals surface area contributed by atoms with E-state index < -0.39 is 0 Å². The van der Waals surface area contributed by atoms with Gasteiger partial charge in [-0.15, -0.1) is 0 Å². The number of carbonyl (C=O) groups is 2. The number of nitrogens with zero attached hydrogens (tertiary/aromatic N) is 1. The van der Waals surface area contributed by atoms with Crippen molar-refractivity contribution in [3.8, 4) is 0 Å². The van der Waals surface area contributed by atoms with Crippen LogP contribution in [0.15, 0.2) is 30.3 Å². The van der Waals surface area contributed by atoms with Gasteiger partial charge in [-0.25, -0.2) is 0 Å². The first-order valence-corrected chi connectivity index (χ1v) is 7.75. The van der Waals surface area contributed by atoms with Crippen molar-refractivity contribution in [3.63, 3.8) is 0 Å². The molecule has 1 aliphatic rings. The summed E-state index contributed by atoms with van der Waals surface area (Å²) < 4.78 is 5.19. The minimum Gasteiger partial charge on any atom is -0.384 e. The van der Waals surface area contributed by atoms with Crippen LogP contribution in [0.5, 0.6) is 0 Å². The topological polar surface area (TPSA) is 58.6 Å². The standard InChI is InChI=1S/C17H24N2O3/c1-22-13-14-6-5-9-19(11-14)12-17(21)18-10-16(20)15-7-3-2-4-8-15/h2-4,7-8,14H,5-6,9-13H2,1H3,(H,18,21)/t14-/m0/s1. The number of hydrogen-bond acceptors (Lipinski definition) is 4. The van der Waals surface area contributed by atoms with Crippen LogP contribution in [0, 0.1) is 5.92 Å². The number of amides is 1. The maximum absolute atomic E-state index is 12.0. The third-order valence-electron chi connectivity index (χ3n) is 3.91. The van der Waals surface area contributed by atoms with Crippen molar-refractivity contribution >= 4 is 11.7 Å². The summed E-state index contributed by atoms with van der Waals surface area (Å²) in [4.78, 5) is 26.0. The lowest BCUT2D eigenvalue weighted by Gasteiger charge is -2.31. The normalized spacial score (nSPS) is 18.9. The van der Waals surface area contributed by atoms with Crippen molar-refractivity contribution in [1.82, 2.24) is 10.2 Å². The van der Waals surface area contributed by atoms with Crippen molar-refractivity contribution in [2.24, 2.45) is 5.92 Å². The molecule has 22 heavy (non-hydrogen) atoms. The molecule has 1 amide bonds. The summed E-state index contributed by atoms with van der Waals surface area (Å²) in [5, 5.41) is 2.71. The average molecular weight is 304 g/mol. The van der Waals surface area contributed by atoms with Gasteiger partial charge in [-0.1, -0.05) is 30.3 Å². The molecule has 1 atom stereocenters. The number of ketones is 1. The highest BCUT2D eigenvalue weighted by Gasteiger charge is 2.21. The number of ether oxygens (including phenoxy) is 1. The number of hydrogen-bond donors (Lipinski definition) is 1. The molecule has 1 N–H and O–H groups in total. The van der Waals surface area contributed by atoms with E-state index in [1.165, 1.54) is 0 Å². The fourth-order valence-corrected chi connectivity index (χ4v) is 2.83. The number of carbonyl (C=O) groups excluding carboxylic acids is 2. The first kappa shape index (κ1) is 16.6. The Morgan fingerprint density at radius 3 is 2.82 bits per heavy atom. The van der Waals surface area contributed by atoms with Crippen LogP contribution in [0.3, 0.4) is 0 Å². The van der Waals surface area contributed by atoms with E-state index in [9.17, 15) is 9.59 Å². The van der Waals surface area contributed by atoms with Crippen molar-refractivity contribution in [2.75, 3.05) is 39.9 Å². The van der Waals surface area contributed by atoms with Gasteiger partial charge in [-0.05, 0) is 25.3 Å². The second-order valence-electron chi connectivity index (χ2n) is 5.76. The maximum Gasteiger partial charge on any atom is 0.234 e. The van der Waals surface area contributed by atoms with E-state index in [2.05, 4.69) is 10.2 Å². The molecule has 0 aromatic heterocycles. The van der Waals surface area contributed by atoms with Gasteiger partial charge in [-0.3, -0.25) is 14.5 Å². The lowest BCUT2D eigenvalue weighted by Crippen LogP contribution is -2.44. The number of methoxy groups -OCH3 is 1. The molecule has 0 saturated carbocycles. The van der Waals surface area contributed by atoms with Crippen LogP contribution >= 0.6 is 0 Å². The minimum absolute atomic E-state index is 0.0538. The van der Waals surface area contributed by atoms with Crippen LogP contribution in [-0.4, -0.2) is 56.5 Å². The lowest BCUT2D eigenvalue weighted by atomic mass is 9.99. The van der Waals surface area contributed by atoms with Crippen LogP contribution in [0.25, 0.3) is 0 Å². The van der Waals surface area contributed by atoms with Gasteiger partial charge >= 0.3 is 0 Å². The number of likely N-dealkylation sites (tertiary alicyclic amines) is 1. The summed E-state index contributed by atoms with van der Waals surface area (Å²) in [7, 11) is 1.71. The van der Waals surface area contributed by atoms with Crippen molar-refractivity contribution in [2.45, 2.75) is 12.8 Å². The molecule has 0 radical (unpaired) electrons. The van der Waals surface area contributed by atoms with E-state index in [-0.39, 0.29) is 18.2 Å². The smallest absolute Gasteiger partial charge is 0.234 e. The Balaban J connectivity index is 1.72. The zero-order valence-corrected chi connectivity index (χ0v) is 13.1. The van der Waals surface area contributed by atoms with Gasteiger partial charge in [0.15, 0.2) is 5.78 Å². The summed E-state index contributed by atoms with van der Waals surface area (Å²) in [6.07, 6.45) is 2.24. The van der Waals surface area contributed by atoms with Gasteiger partial charge in [0.1, 0.15) is 0 Å². The third kappa shape index (κ3) is 5.24. The van der Waals surface area contributed by atoms with Gasteiger partial charge in [-0.2, -0.15) is 0 Å². The van der Waals surface area contributed by atoms with Gasteiger partial charge in [0.05, 0.1) is 19.7 Å². The highest BCUT2D eigenvalue weighted by molar-refractivity contribution is 5.99. The SMILES string of the molecule is COC[C@H]1CCCN(CC(=O)NCC(=O)c2ccccc2)C1. The number of benzene rings is 1. The van der Waals surface area contributed by atoms with E-state index in [1.807, 2.05) is 18.2 Å². The van der Waals surface area contributed by atoms with Crippen LogP contribution in [0.1, 0.15) is 23.2 Å². The second kappa shape index (κ2) is 8.66. The Labute approximate surface area is 131 Å². The zero-order valence-electron chi connectivity index (χ0n) is 13.1. The molecule has 1 fully saturated rings. The molecule has 1 heterocycles. The van der Waals surface area contributed by atoms with Gasteiger partial charge in [0, 0.05) is 19.2 Å². The Kier molecular flexibility index (Phi) is 6.55. The van der Waals surface area contributed by atoms with Crippen LogP contribution in [0.2, 0.25) is 0 Å². The molecule has 2 rings (SSSR count). The Morgan fingerprint density at radius 1 is 1.32 bits per heavy atom. The summed E-state index contributed by atoms with van der Waals surface area (Å²) in [6.45, 7) is 2.96. The summed E-state index contributed by atoms with van der Waals surface area (Å²) >= 11 is 0. The summed E-state index contributed by atoms with van der Waals surface area (Å²) in [5.74, 6) is 0.338. The third-order valence-corrected chi connectivity index (χ3v) is 3.91. The first-order chi connectivity index (χ1) is 10.7. The molecular formula is C17H24N2O3. The van der Waals surface area contributed by atoms with Crippen molar-refractivity contribution in [1.29, 1.82) is 0 Å². The highest BCUT2D eigenvalue weighted by Crippen LogP contribution is 2.16. The van der Waals surface area contributed by atoms with Crippen molar-refractivity contribution in [3.05, 3.63) is 35.9 Å². The fourth-order valence-electron chi connectivity index (χ4n) is 2.83. The Bertz CT molecular complexity index is 488. The van der Waals surface area contributed by atoms with E-state index >= 15 is 0 Å². The minimum atomic E-state index is -0.0950. The molecular weight excluding hydrogens is 280 g/mol. The molecule has 0 unspecified atom stereocenters. The van der Waals surface area contributed by atoms with Crippen LogP contribution in [0.4, 0.5) is 0 Å². The Morgan fingerprint density at radius 2 is 2.09 bits per heavy atom. The first-order valence-electron chi connectivity index (χ1n) is 7.75. The lowest BCUT2D eigenvalue weighted by molar-refractivity contribution is -0.122. The van der Waals surface area contributed by atoms with Gasteiger partial charge in [0.2, 0.25) is 5.91 Å². The number of piperidine rings is 1. The summed E-state index contributed by atoms with van der Waals surface area (Å²) in [6, 6.07) is 9.02. The van der Waals surface area contributed by atoms with Gasteiger partial charge in [0.25, 0.3) is 0 Å². The molecule has 0 bridgehead atoms. The summed E-state index contributed by atoms with van der Waals surface area (Å²) in [5.41, 5.74) is 0.626. The van der Waals surface area contributed by atoms with Crippen LogP contribution < -0.4 is 5.32 Å².